The third-order valence-corrected chi connectivity index (χ3v) is 7.96. The first-order valence-electron chi connectivity index (χ1n) is 12.0. The predicted octanol–water partition coefficient (Wildman–Crippen LogP) is 2.22. The first-order valence-corrected chi connectivity index (χ1v) is 15.6. The molecular formula is C23H24N6O11S3. The molecule has 0 radical (unpaired) electrons. The number of aromatic nitrogens is 3. The highest BCUT2D eigenvalue weighted by molar-refractivity contribution is 7.94. The van der Waals surface area contributed by atoms with E-state index in [0.29, 0.717) is 16.6 Å². The standard InChI is InChI=1S/C23H24N6O11S3/c30-9-7-29(8-10-31)23-27-21(24-15-1-4-17(5-2-15)41-40-39-32)26-22(28-23)25-16-3-6-19-14(11-16)12-18(42(33,34)35)13-20(19)43(36,37)38/h1-6,11-13,30-32H,7-10H2,(H,33,34,35)(H,36,37,38)(H2,24,25,26,27,28). The summed E-state index contributed by atoms with van der Waals surface area (Å²) in [5.74, 6) is 0.0908. The van der Waals surface area contributed by atoms with Crippen LogP contribution >= 0.6 is 12.0 Å². The van der Waals surface area contributed by atoms with Crippen LogP contribution in [0, 0.1) is 0 Å². The van der Waals surface area contributed by atoms with Gasteiger partial charge < -0.3 is 25.7 Å². The smallest absolute Gasteiger partial charge is 0.295 e. The molecule has 0 amide bonds. The van der Waals surface area contributed by atoms with Gasteiger partial charge >= 0.3 is 0 Å². The van der Waals surface area contributed by atoms with E-state index in [0.717, 1.165) is 18.1 Å². The van der Waals surface area contributed by atoms with Gasteiger partial charge in [0.25, 0.3) is 20.2 Å². The molecule has 0 unspecified atom stereocenters. The molecule has 3 aromatic carbocycles. The van der Waals surface area contributed by atoms with Crippen molar-refractivity contribution >= 4 is 72.3 Å². The Labute approximate surface area is 248 Å². The van der Waals surface area contributed by atoms with Gasteiger partial charge in [-0.2, -0.15) is 31.8 Å². The molecule has 0 aliphatic heterocycles. The van der Waals surface area contributed by atoms with Crippen LogP contribution in [-0.2, 0) is 29.6 Å². The number of hydrogen-bond donors (Lipinski definition) is 7. The van der Waals surface area contributed by atoms with Gasteiger partial charge in [-0.15, -0.1) is 4.33 Å². The molecule has 0 fully saturated rings. The van der Waals surface area contributed by atoms with Crippen molar-refractivity contribution in [3.63, 3.8) is 0 Å². The van der Waals surface area contributed by atoms with Crippen LogP contribution < -0.4 is 15.5 Å². The lowest BCUT2D eigenvalue weighted by atomic mass is 10.1. The number of aliphatic hydroxyl groups is 2. The zero-order valence-electron chi connectivity index (χ0n) is 21.7. The Kier molecular flexibility index (Phi) is 10.3. The highest BCUT2D eigenvalue weighted by atomic mass is 32.2. The van der Waals surface area contributed by atoms with Crippen LogP contribution in [0.2, 0.25) is 0 Å². The summed E-state index contributed by atoms with van der Waals surface area (Å²) in [6.07, 6.45) is 0. The Morgan fingerprint density at radius 2 is 1.40 bits per heavy atom. The fraction of sp³-hybridized carbons (Fsp3) is 0.174. The largest absolute Gasteiger partial charge is 0.395 e. The highest BCUT2D eigenvalue weighted by Gasteiger charge is 2.21. The van der Waals surface area contributed by atoms with Crippen molar-refractivity contribution in [1.29, 1.82) is 0 Å². The summed E-state index contributed by atoms with van der Waals surface area (Å²) in [6, 6.07) is 12.4. The van der Waals surface area contributed by atoms with E-state index >= 15 is 0 Å². The lowest BCUT2D eigenvalue weighted by Gasteiger charge is -2.21. The summed E-state index contributed by atoms with van der Waals surface area (Å²) >= 11 is 0.762. The van der Waals surface area contributed by atoms with Crippen molar-refractivity contribution in [3.05, 3.63) is 54.6 Å². The molecule has 0 saturated heterocycles. The average Bonchev–Trinajstić information content (AvgIpc) is 2.95. The summed E-state index contributed by atoms with van der Waals surface area (Å²) < 4.78 is 70.9. The number of anilines is 5. The number of aliphatic hydroxyl groups excluding tert-OH is 2. The van der Waals surface area contributed by atoms with E-state index in [2.05, 4.69) is 35.0 Å². The zero-order valence-corrected chi connectivity index (χ0v) is 24.2. The fourth-order valence-corrected chi connectivity index (χ4v) is 5.54. The number of benzene rings is 3. The van der Waals surface area contributed by atoms with Gasteiger partial charge in [-0.3, -0.25) is 9.11 Å². The molecule has 20 heteroatoms. The van der Waals surface area contributed by atoms with Crippen LogP contribution in [0.1, 0.15) is 0 Å². The summed E-state index contributed by atoms with van der Waals surface area (Å²) in [4.78, 5) is 13.7. The number of hydrogen-bond acceptors (Lipinski definition) is 16. The van der Waals surface area contributed by atoms with E-state index in [1.807, 2.05) is 0 Å². The first kappa shape index (κ1) is 32.2. The van der Waals surface area contributed by atoms with Gasteiger partial charge in [-0.25, -0.2) is 5.26 Å². The molecule has 17 nitrogen and oxygen atoms in total. The second-order valence-electron chi connectivity index (χ2n) is 8.52. The Morgan fingerprint density at radius 3 is 1.95 bits per heavy atom. The normalized spacial score (nSPS) is 11.9. The van der Waals surface area contributed by atoms with Crippen LogP contribution in [0.5, 0.6) is 0 Å². The molecule has 0 aliphatic carbocycles. The molecule has 4 rings (SSSR count). The van der Waals surface area contributed by atoms with Crippen LogP contribution in [0.4, 0.5) is 29.2 Å². The highest BCUT2D eigenvalue weighted by Crippen LogP contribution is 2.31. The summed E-state index contributed by atoms with van der Waals surface area (Å²) in [6.45, 7) is -0.385. The third kappa shape index (κ3) is 8.45. The van der Waals surface area contributed by atoms with Crippen molar-refractivity contribution in [2.45, 2.75) is 14.7 Å². The van der Waals surface area contributed by atoms with E-state index in [9.17, 15) is 36.2 Å². The molecule has 43 heavy (non-hydrogen) atoms. The Morgan fingerprint density at radius 1 is 0.791 bits per heavy atom. The zero-order chi connectivity index (χ0) is 31.2. The molecule has 0 bridgehead atoms. The van der Waals surface area contributed by atoms with E-state index < -0.39 is 30.0 Å². The van der Waals surface area contributed by atoms with Crippen LogP contribution in [-0.4, -0.2) is 82.7 Å². The lowest BCUT2D eigenvalue weighted by molar-refractivity contribution is -0.432. The molecule has 4 aromatic rings. The molecule has 1 aromatic heterocycles. The minimum atomic E-state index is -4.86. The SMILES string of the molecule is O=S(=O)(O)c1cc(S(=O)(=O)O)c2ccc(Nc3nc(Nc4ccc(SOOO)cc4)nc(N(CCO)CCO)n3)cc2c1. The van der Waals surface area contributed by atoms with Gasteiger partial charge in [-0.05, 0) is 53.9 Å². The summed E-state index contributed by atoms with van der Waals surface area (Å²) in [7, 11) is -9.69. The van der Waals surface area contributed by atoms with Gasteiger partial charge in [0.1, 0.15) is 4.90 Å². The van der Waals surface area contributed by atoms with Gasteiger partial charge in [0.15, 0.2) is 0 Å². The van der Waals surface area contributed by atoms with Gasteiger partial charge in [0.2, 0.25) is 17.8 Å². The van der Waals surface area contributed by atoms with E-state index in [1.54, 1.807) is 24.3 Å². The van der Waals surface area contributed by atoms with Crippen molar-refractivity contribution in [3.8, 4) is 0 Å². The van der Waals surface area contributed by atoms with Crippen LogP contribution in [0.3, 0.4) is 0 Å². The minimum absolute atomic E-state index is 0.0197. The lowest BCUT2D eigenvalue weighted by Crippen LogP contribution is -2.31. The number of rotatable bonds is 14. The van der Waals surface area contributed by atoms with Gasteiger partial charge in [0, 0.05) is 34.7 Å². The summed E-state index contributed by atoms with van der Waals surface area (Å²) in [5, 5.41) is 36.8. The van der Waals surface area contributed by atoms with Crippen LogP contribution in [0.15, 0.2) is 69.3 Å². The maximum absolute atomic E-state index is 11.9. The topological polar surface area (TPSA) is 254 Å². The first-order chi connectivity index (χ1) is 20.4. The van der Waals surface area contributed by atoms with E-state index in [1.165, 1.54) is 23.1 Å². The molecular weight excluding hydrogens is 632 g/mol. The maximum atomic E-state index is 11.9. The fourth-order valence-electron chi connectivity index (χ4n) is 3.83. The quantitative estimate of drug-likeness (QED) is 0.0444. The Balaban J connectivity index is 1.74. The second-order valence-corrected chi connectivity index (χ2v) is 12.1. The summed E-state index contributed by atoms with van der Waals surface area (Å²) in [5.41, 5.74) is 0.794. The van der Waals surface area contributed by atoms with Crippen LogP contribution in [0.25, 0.3) is 10.8 Å². The van der Waals surface area contributed by atoms with Crippen molar-refractivity contribution in [2.75, 3.05) is 41.8 Å². The van der Waals surface area contributed by atoms with Crippen molar-refractivity contribution in [1.82, 2.24) is 15.0 Å². The monoisotopic (exact) mass is 656 g/mol. The minimum Gasteiger partial charge on any atom is -0.395 e. The van der Waals surface area contributed by atoms with Gasteiger partial charge in [-0.1, -0.05) is 11.1 Å². The number of fused-ring (bicyclic) bond motifs is 1. The second kappa shape index (κ2) is 13.7. The molecule has 0 saturated carbocycles. The molecule has 1 heterocycles. The third-order valence-electron chi connectivity index (χ3n) is 5.64. The molecule has 0 spiro atoms. The number of nitrogens with one attached hydrogen (secondary N) is 2. The van der Waals surface area contributed by atoms with Gasteiger partial charge in [0.05, 0.1) is 30.2 Å². The molecule has 0 aliphatic rings. The number of nitrogens with zero attached hydrogens (tertiary/aromatic N) is 4. The maximum Gasteiger partial charge on any atom is 0.295 e. The van der Waals surface area contributed by atoms with Crippen molar-refractivity contribution < 1.29 is 50.8 Å². The molecule has 0 atom stereocenters. The Bertz CT molecular complexity index is 1800. The van der Waals surface area contributed by atoms with E-state index in [-0.39, 0.29) is 60.6 Å². The predicted molar refractivity (Wildman–Crippen MR) is 153 cm³/mol. The average molecular weight is 657 g/mol. The Hall–Kier alpha value is -3.70. The van der Waals surface area contributed by atoms with Crippen molar-refractivity contribution in [2.24, 2.45) is 0 Å². The molecule has 230 valence electrons. The molecule has 7 N–H and O–H groups in total. The van der Waals surface area contributed by atoms with E-state index in [4.69, 9.17) is 5.26 Å².